The lowest BCUT2D eigenvalue weighted by molar-refractivity contribution is -0.115. The van der Waals surface area contributed by atoms with Gasteiger partial charge in [-0.15, -0.1) is 0 Å². The molecule has 140 valence electrons. The number of aromatic nitrogens is 1. The highest BCUT2D eigenvalue weighted by molar-refractivity contribution is 6.06. The standard InChI is InChI=1S/C19H20N4O4/c1-3-27-19(26)14-6-8-16(9-7-14)21-17(24)11-13(2)22-23-18(25)15-5-4-10-20-12-15/h4-10,12H,3,11H2,1-2H3,(H,21,24)(H,23,25)/b22-13-. The Morgan fingerprint density at radius 1 is 1.11 bits per heavy atom. The lowest BCUT2D eigenvalue weighted by atomic mass is 10.2. The number of nitrogens with one attached hydrogen (secondary N) is 2. The molecule has 0 saturated carbocycles. The summed E-state index contributed by atoms with van der Waals surface area (Å²) in [6, 6.07) is 9.62. The number of pyridine rings is 1. The first-order valence-electron chi connectivity index (χ1n) is 8.30. The second-order valence-corrected chi connectivity index (χ2v) is 5.55. The van der Waals surface area contributed by atoms with E-state index >= 15 is 0 Å². The minimum Gasteiger partial charge on any atom is -0.462 e. The molecule has 8 heteroatoms. The van der Waals surface area contributed by atoms with Gasteiger partial charge in [-0.3, -0.25) is 14.6 Å². The summed E-state index contributed by atoms with van der Waals surface area (Å²) in [5.74, 6) is -1.11. The van der Waals surface area contributed by atoms with Crippen LogP contribution in [0.2, 0.25) is 0 Å². The number of hydrogen-bond acceptors (Lipinski definition) is 6. The molecule has 0 aliphatic rings. The number of rotatable bonds is 7. The van der Waals surface area contributed by atoms with Crippen molar-refractivity contribution in [1.29, 1.82) is 0 Å². The minimum absolute atomic E-state index is 0.00689. The van der Waals surface area contributed by atoms with Gasteiger partial charge in [-0.2, -0.15) is 5.10 Å². The van der Waals surface area contributed by atoms with Crippen LogP contribution in [0.25, 0.3) is 0 Å². The molecule has 0 bridgehead atoms. The summed E-state index contributed by atoms with van der Waals surface area (Å²) in [7, 11) is 0. The molecule has 0 radical (unpaired) electrons. The van der Waals surface area contributed by atoms with E-state index in [1.165, 1.54) is 6.20 Å². The summed E-state index contributed by atoms with van der Waals surface area (Å²) in [6.07, 6.45) is 2.99. The van der Waals surface area contributed by atoms with E-state index in [9.17, 15) is 14.4 Å². The number of nitrogens with zero attached hydrogens (tertiary/aromatic N) is 2. The van der Waals surface area contributed by atoms with Gasteiger partial charge >= 0.3 is 5.97 Å². The van der Waals surface area contributed by atoms with Crippen LogP contribution < -0.4 is 10.7 Å². The minimum atomic E-state index is -0.414. The van der Waals surface area contributed by atoms with E-state index in [1.54, 1.807) is 56.4 Å². The molecule has 1 aromatic carbocycles. The van der Waals surface area contributed by atoms with Crippen molar-refractivity contribution in [3.63, 3.8) is 0 Å². The second kappa shape index (κ2) is 9.81. The van der Waals surface area contributed by atoms with Crippen molar-refractivity contribution in [3.05, 3.63) is 59.9 Å². The zero-order valence-corrected chi connectivity index (χ0v) is 15.1. The summed E-state index contributed by atoms with van der Waals surface area (Å²) in [5.41, 5.74) is 4.14. The van der Waals surface area contributed by atoms with Crippen LogP contribution in [0.3, 0.4) is 0 Å². The third-order valence-corrected chi connectivity index (χ3v) is 3.37. The Hall–Kier alpha value is -3.55. The molecule has 0 saturated heterocycles. The fourth-order valence-corrected chi connectivity index (χ4v) is 2.09. The number of benzene rings is 1. The zero-order chi connectivity index (χ0) is 19.6. The van der Waals surface area contributed by atoms with Crippen molar-refractivity contribution in [2.24, 2.45) is 5.10 Å². The van der Waals surface area contributed by atoms with Gasteiger partial charge in [0.05, 0.1) is 24.2 Å². The van der Waals surface area contributed by atoms with E-state index in [0.717, 1.165) is 0 Å². The normalized spacial score (nSPS) is 10.8. The summed E-state index contributed by atoms with van der Waals surface area (Å²) >= 11 is 0. The molecule has 0 aliphatic heterocycles. The lowest BCUT2D eigenvalue weighted by Gasteiger charge is -2.07. The largest absolute Gasteiger partial charge is 0.462 e. The van der Waals surface area contributed by atoms with Gasteiger partial charge in [-0.25, -0.2) is 10.2 Å². The van der Waals surface area contributed by atoms with Crippen molar-refractivity contribution in [3.8, 4) is 0 Å². The molecule has 0 aliphatic carbocycles. The zero-order valence-electron chi connectivity index (χ0n) is 15.1. The number of amides is 2. The number of esters is 1. The van der Waals surface area contributed by atoms with Gasteiger partial charge in [0.2, 0.25) is 5.91 Å². The summed E-state index contributed by atoms with van der Waals surface area (Å²) < 4.78 is 4.90. The van der Waals surface area contributed by atoms with Crippen molar-refractivity contribution in [2.75, 3.05) is 11.9 Å². The number of hydrazone groups is 1. The third-order valence-electron chi connectivity index (χ3n) is 3.37. The SMILES string of the molecule is CCOC(=O)c1ccc(NC(=O)C/C(C)=N\NC(=O)c2cccnc2)cc1. The van der Waals surface area contributed by atoms with E-state index < -0.39 is 11.9 Å². The summed E-state index contributed by atoms with van der Waals surface area (Å²) in [6.45, 7) is 3.66. The Kier molecular flexibility index (Phi) is 7.18. The number of carbonyl (C=O) groups is 3. The molecule has 8 nitrogen and oxygen atoms in total. The molecule has 2 rings (SSSR count). The van der Waals surface area contributed by atoms with E-state index in [-0.39, 0.29) is 12.3 Å². The van der Waals surface area contributed by atoms with Gasteiger partial charge in [-0.1, -0.05) is 0 Å². The van der Waals surface area contributed by atoms with Gasteiger partial charge < -0.3 is 10.1 Å². The highest BCUT2D eigenvalue weighted by Gasteiger charge is 2.09. The number of carbonyl (C=O) groups excluding carboxylic acids is 3. The highest BCUT2D eigenvalue weighted by Crippen LogP contribution is 2.11. The second-order valence-electron chi connectivity index (χ2n) is 5.55. The average molecular weight is 368 g/mol. The van der Waals surface area contributed by atoms with E-state index in [2.05, 4.69) is 20.8 Å². The molecule has 1 heterocycles. The predicted octanol–water partition coefficient (Wildman–Crippen LogP) is 2.39. The molecule has 0 atom stereocenters. The Balaban J connectivity index is 1.85. The van der Waals surface area contributed by atoms with Crippen LogP contribution in [0.1, 0.15) is 41.0 Å². The van der Waals surface area contributed by atoms with E-state index in [4.69, 9.17) is 4.74 Å². The Morgan fingerprint density at radius 3 is 2.48 bits per heavy atom. The Bertz CT molecular complexity index is 833. The first-order chi connectivity index (χ1) is 13.0. The summed E-state index contributed by atoms with van der Waals surface area (Å²) in [5, 5.41) is 6.60. The van der Waals surface area contributed by atoms with Crippen molar-refractivity contribution in [1.82, 2.24) is 10.4 Å². The fraction of sp³-hybridized carbons (Fsp3) is 0.211. The maximum Gasteiger partial charge on any atom is 0.338 e. The predicted molar refractivity (Wildman–Crippen MR) is 100 cm³/mol. The first kappa shape index (κ1) is 19.8. The van der Waals surface area contributed by atoms with Crippen LogP contribution in [0.15, 0.2) is 53.9 Å². The lowest BCUT2D eigenvalue weighted by Crippen LogP contribution is -2.21. The molecule has 0 fully saturated rings. The van der Waals surface area contributed by atoms with Gasteiger partial charge in [-0.05, 0) is 50.2 Å². The van der Waals surface area contributed by atoms with Crippen LogP contribution in [-0.2, 0) is 9.53 Å². The maximum absolute atomic E-state index is 12.1. The van der Waals surface area contributed by atoms with Gasteiger partial charge in [0.25, 0.3) is 5.91 Å². The van der Waals surface area contributed by atoms with E-state index in [1.807, 2.05) is 0 Å². The third kappa shape index (κ3) is 6.35. The molecule has 27 heavy (non-hydrogen) atoms. The Morgan fingerprint density at radius 2 is 1.85 bits per heavy atom. The summed E-state index contributed by atoms with van der Waals surface area (Å²) in [4.78, 5) is 39.4. The average Bonchev–Trinajstić information content (AvgIpc) is 2.67. The Labute approximate surface area is 156 Å². The van der Waals surface area contributed by atoms with Crippen LogP contribution >= 0.6 is 0 Å². The van der Waals surface area contributed by atoms with Gasteiger partial charge in [0, 0.05) is 23.8 Å². The smallest absolute Gasteiger partial charge is 0.338 e. The van der Waals surface area contributed by atoms with Crippen molar-refractivity contribution < 1.29 is 19.1 Å². The maximum atomic E-state index is 12.1. The van der Waals surface area contributed by atoms with Crippen molar-refractivity contribution in [2.45, 2.75) is 20.3 Å². The van der Waals surface area contributed by atoms with Crippen LogP contribution in [0.4, 0.5) is 5.69 Å². The molecule has 2 aromatic rings. The van der Waals surface area contributed by atoms with Crippen LogP contribution in [0, 0.1) is 0 Å². The highest BCUT2D eigenvalue weighted by atomic mass is 16.5. The van der Waals surface area contributed by atoms with Gasteiger partial charge in [0.15, 0.2) is 0 Å². The molecule has 0 unspecified atom stereocenters. The molecule has 1 aromatic heterocycles. The number of hydrogen-bond donors (Lipinski definition) is 2. The molecule has 2 N–H and O–H groups in total. The monoisotopic (exact) mass is 368 g/mol. The fourth-order valence-electron chi connectivity index (χ4n) is 2.09. The van der Waals surface area contributed by atoms with Crippen molar-refractivity contribution >= 4 is 29.2 Å². The molecular formula is C19H20N4O4. The molecule has 0 spiro atoms. The topological polar surface area (TPSA) is 110 Å². The number of ether oxygens (including phenoxy) is 1. The quantitative estimate of drug-likeness (QED) is 0.443. The van der Waals surface area contributed by atoms with Crippen LogP contribution in [0.5, 0.6) is 0 Å². The van der Waals surface area contributed by atoms with Crippen LogP contribution in [-0.4, -0.2) is 35.1 Å². The molecular weight excluding hydrogens is 348 g/mol. The van der Waals surface area contributed by atoms with E-state index in [0.29, 0.717) is 29.1 Å². The first-order valence-corrected chi connectivity index (χ1v) is 8.30. The van der Waals surface area contributed by atoms with Gasteiger partial charge in [0.1, 0.15) is 0 Å². The molecule has 2 amide bonds. The number of anilines is 1.